The first-order valence-electron chi connectivity index (χ1n) is 7.09. The molecular weight excluding hydrogens is 423 g/mol. The largest absolute Gasteiger partial charge is 0.484 e. The molecule has 0 aliphatic rings. The Balaban J connectivity index is 1.53. The van der Waals surface area contributed by atoms with Crippen molar-refractivity contribution in [2.45, 2.75) is 24.5 Å². The SMILES string of the molecule is Cc1ccccc1OCc1nnc(SCc2ccc(I)cc2)o1. The summed E-state index contributed by atoms with van der Waals surface area (Å²) in [4.78, 5) is 0. The number of nitrogens with zero attached hydrogens (tertiary/aromatic N) is 2. The zero-order valence-electron chi connectivity index (χ0n) is 12.5. The van der Waals surface area contributed by atoms with Crippen molar-refractivity contribution in [1.29, 1.82) is 0 Å². The van der Waals surface area contributed by atoms with Gasteiger partial charge in [0.15, 0.2) is 6.61 Å². The number of ether oxygens (including phenoxy) is 1. The molecule has 1 aromatic heterocycles. The second-order valence-electron chi connectivity index (χ2n) is 4.93. The van der Waals surface area contributed by atoms with Gasteiger partial charge >= 0.3 is 0 Å². The van der Waals surface area contributed by atoms with Gasteiger partial charge in [-0.2, -0.15) is 0 Å². The number of para-hydroxylation sites is 1. The van der Waals surface area contributed by atoms with E-state index in [9.17, 15) is 0 Å². The molecule has 3 aromatic rings. The van der Waals surface area contributed by atoms with E-state index < -0.39 is 0 Å². The number of benzene rings is 2. The zero-order chi connectivity index (χ0) is 16.1. The molecule has 2 aromatic carbocycles. The van der Waals surface area contributed by atoms with Crippen LogP contribution in [0.2, 0.25) is 0 Å². The first kappa shape index (κ1) is 16.3. The molecule has 4 nitrogen and oxygen atoms in total. The minimum Gasteiger partial charge on any atom is -0.484 e. The Bertz CT molecular complexity index is 774. The number of halogens is 1. The van der Waals surface area contributed by atoms with E-state index in [-0.39, 0.29) is 6.61 Å². The predicted octanol–water partition coefficient (Wildman–Crippen LogP) is 4.85. The fourth-order valence-electron chi connectivity index (χ4n) is 1.94. The summed E-state index contributed by atoms with van der Waals surface area (Å²) in [6.07, 6.45) is 0. The van der Waals surface area contributed by atoms with Crippen molar-refractivity contribution in [2.75, 3.05) is 0 Å². The molecule has 0 fully saturated rings. The van der Waals surface area contributed by atoms with Crippen molar-refractivity contribution >= 4 is 34.4 Å². The van der Waals surface area contributed by atoms with E-state index in [0.29, 0.717) is 11.1 Å². The molecule has 0 N–H and O–H groups in total. The van der Waals surface area contributed by atoms with Crippen LogP contribution in [0.1, 0.15) is 17.0 Å². The Morgan fingerprint density at radius 1 is 1.09 bits per heavy atom. The molecule has 0 atom stereocenters. The van der Waals surface area contributed by atoms with Crippen molar-refractivity contribution < 1.29 is 9.15 Å². The fraction of sp³-hybridized carbons (Fsp3) is 0.176. The van der Waals surface area contributed by atoms with Crippen LogP contribution < -0.4 is 4.74 Å². The standard InChI is InChI=1S/C17H15IN2O2S/c1-12-4-2-3-5-15(12)21-10-16-19-20-17(22-16)23-11-13-6-8-14(18)9-7-13/h2-9H,10-11H2,1H3. The molecular formula is C17H15IN2O2S. The van der Waals surface area contributed by atoms with Crippen LogP contribution in [-0.2, 0) is 12.4 Å². The van der Waals surface area contributed by atoms with Crippen LogP contribution in [0.5, 0.6) is 5.75 Å². The highest BCUT2D eigenvalue weighted by molar-refractivity contribution is 14.1. The van der Waals surface area contributed by atoms with E-state index >= 15 is 0 Å². The van der Waals surface area contributed by atoms with Crippen LogP contribution in [0, 0.1) is 10.5 Å². The average Bonchev–Trinajstić information content (AvgIpc) is 3.02. The molecule has 1 heterocycles. The summed E-state index contributed by atoms with van der Waals surface area (Å²) in [5, 5.41) is 8.63. The summed E-state index contributed by atoms with van der Waals surface area (Å²) in [5.74, 6) is 2.12. The van der Waals surface area contributed by atoms with Gasteiger partial charge in [-0.15, -0.1) is 10.2 Å². The average molecular weight is 438 g/mol. The minimum absolute atomic E-state index is 0.280. The maximum Gasteiger partial charge on any atom is 0.277 e. The third-order valence-electron chi connectivity index (χ3n) is 3.17. The first-order chi connectivity index (χ1) is 11.2. The van der Waals surface area contributed by atoms with Crippen LogP contribution in [0.3, 0.4) is 0 Å². The Morgan fingerprint density at radius 2 is 1.87 bits per heavy atom. The molecule has 0 radical (unpaired) electrons. The topological polar surface area (TPSA) is 48.2 Å². The molecule has 6 heteroatoms. The van der Waals surface area contributed by atoms with Gasteiger partial charge in [-0.05, 0) is 58.8 Å². The van der Waals surface area contributed by atoms with Crippen molar-refractivity contribution in [3.8, 4) is 5.75 Å². The molecule has 0 saturated heterocycles. The van der Waals surface area contributed by atoms with Gasteiger partial charge in [0.05, 0.1) is 0 Å². The molecule has 0 aliphatic heterocycles. The number of rotatable bonds is 6. The Morgan fingerprint density at radius 3 is 2.65 bits per heavy atom. The van der Waals surface area contributed by atoms with Crippen molar-refractivity contribution in [2.24, 2.45) is 0 Å². The van der Waals surface area contributed by atoms with Gasteiger partial charge in [0, 0.05) is 9.32 Å². The first-order valence-corrected chi connectivity index (χ1v) is 9.15. The summed E-state index contributed by atoms with van der Waals surface area (Å²) in [5.41, 5.74) is 2.31. The zero-order valence-corrected chi connectivity index (χ0v) is 15.5. The lowest BCUT2D eigenvalue weighted by atomic mass is 10.2. The molecule has 118 valence electrons. The molecule has 0 saturated carbocycles. The Labute approximate surface area is 152 Å². The number of aromatic nitrogens is 2. The highest BCUT2D eigenvalue weighted by atomic mass is 127. The molecule has 0 spiro atoms. The number of thioether (sulfide) groups is 1. The quantitative estimate of drug-likeness (QED) is 0.407. The van der Waals surface area contributed by atoms with Crippen molar-refractivity contribution in [3.05, 3.63) is 69.1 Å². The van der Waals surface area contributed by atoms with E-state index in [2.05, 4.69) is 57.1 Å². The Hall–Kier alpha value is -1.54. The lowest BCUT2D eigenvalue weighted by Crippen LogP contribution is -1.97. The lowest BCUT2D eigenvalue weighted by molar-refractivity contribution is 0.251. The summed E-state index contributed by atoms with van der Waals surface area (Å²) < 4.78 is 12.5. The monoisotopic (exact) mass is 438 g/mol. The second kappa shape index (κ2) is 7.83. The Kier molecular flexibility index (Phi) is 5.56. The summed E-state index contributed by atoms with van der Waals surface area (Å²) in [7, 11) is 0. The van der Waals surface area contributed by atoms with E-state index in [1.807, 2.05) is 31.2 Å². The van der Waals surface area contributed by atoms with Crippen molar-refractivity contribution in [1.82, 2.24) is 10.2 Å². The highest BCUT2D eigenvalue weighted by Gasteiger charge is 2.08. The second-order valence-corrected chi connectivity index (χ2v) is 7.10. The van der Waals surface area contributed by atoms with E-state index in [4.69, 9.17) is 9.15 Å². The summed E-state index contributed by atoms with van der Waals surface area (Å²) >= 11 is 3.82. The molecule has 0 amide bonds. The van der Waals surface area contributed by atoms with Gasteiger partial charge in [-0.3, -0.25) is 0 Å². The van der Waals surface area contributed by atoms with Crippen LogP contribution in [0.15, 0.2) is 58.2 Å². The maximum atomic E-state index is 5.71. The van der Waals surface area contributed by atoms with Gasteiger partial charge in [0.2, 0.25) is 0 Å². The van der Waals surface area contributed by atoms with Crippen molar-refractivity contribution in [3.63, 3.8) is 0 Å². The van der Waals surface area contributed by atoms with Gasteiger partial charge in [-0.1, -0.05) is 42.1 Å². The molecule has 23 heavy (non-hydrogen) atoms. The normalized spacial score (nSPS) is 10.7. The van der Waals surface area contributed by atoms with Crippen LogP contribution in [0.25, 0.3) is 0 Å². The van der Waals surface area contributed by atoms with Gasteiger partial charge in [0.25, 0.3) is 11.1 Å². The molecule has 0 unspecified atom stereocenters. The minimum atomic E-state index is 0.280. The summed E-state index contributed by atoms with van der Waals surface area (Å²) in [6, 6.07) is 16.2. The van der Waals surface area contributed by atoms with Gasteiger partial charge < -0.3 is 9.15 Å². The van der Waals surface area contributed by atoms with Crippen LogP contribution >= 0.6 is 34.4 Å². The van der Waals surface area contributed by atoms with Gasteiger partial charge in [0.1, 0.15) is 5.75 Å². The van der Waals surface area contributed by atoms with E-state index in [1.165, 1.54) is 20.9 Å². The third-order valence-corrected chi connectivity index (χ3v) is 4.78. The van der Waals surface area contributed by atoms with Gasteiger partial charge in [-0.25, -0.2) is 0 Å². The molecule has 0 bridgehead atoms. The van der Waals surface area contributed by atoms with E-state index in [1.54, 1.807) is 0 Å². The fourth-order valence-corrected chi connectivity index (χ4v) is 3.03. The molecule has 0 aliphatic carbocycles. The maximum absolute atomic E-state index is 5.71. The van der Waals surface area contributed by atoms with Crippen LogP contribution in [-0.4, -0.2) is 10.2 Å². The lowest BCUT2D eigenvalue weighted by Gasteiger charge is -2.05. The molecule has 3 rings (SSSR count). The third kappa shape index (κ3) is 4.71. The number of hydrogen-bond acceptors (Lipinski definition) is 5. The number of hydrogen-bond donors (Lipinski definition) is 0. The summed E-state index contributed by atoms with van der Waals surface area (Å²) in [6.45, 7) is 2.29. The smallest absolute Gasteiger partial charge is 0.277 e. The highest BCUT2D eigenvalue weighted by Crippen LogP contribution is 2.23. The predicted molar refractivity (Wildman–Crippen MR) is 98.5 cm³/mol. The number of aryl methyl sites for hydroxylation is 1. The van der Waals surface area contributed by atoms with Crippen LogP contribution in [0.4, 0.5) is 0 Å². The van der Waals surface area contributed by atoms with E-state index in [0.717, 1.165) is 17.1 Å².